The molecular formula is C37H24BrN3. The fourth-order valence-corrected chi connectivity index (χ4v) is 5.72. The Morgan fingerprint density at radius 3 is 1.27 bits per heavy atom. The molecule has 0 saturated heterocycles. The molecule has 194 valence electrons. The maximum Gasteiger partial charge on any atom is 0.164 e. The van der Waals surface area contributed by atoms with Gasteiger partial charge in [0, 0.05) is 26.5 Å². The number of rotatable bonds is 5. The Morgan fingerprint density at radius 1 is 0.341 bits per heavy atom. The third-order valence-electron chi connectivity index (χ3n) is 7.23. The van der Waals surface area contributed by atoms with E-state index < -0.39 is 0 Å². The van der Waals surface area contributed by atoms with E-state index in [9.17, 15) is 0 Å². The second-order valence-corrected chi connectivity index (χ2v) is 10.7. The van der Waals surface area contributed by atoms with Crippen LogP contribution in [0, 0.1) is 0 Å². The summed E-state index contributed by atoms with van der Waals surface area (Å²) < 4.78 is 1.01. The molecule has 0 fully saturated rings. The van der Waals surface area contributed by atoms with Crippen molar-refractivity contribution in [3.8, 4) is 56.4 Å². The van der Waals surface area contributed by atoms with Crippen molar-refractivity contribution in [3.63, 3.8) is 0 Å². The predicted molar refractivity (Wildman–Crippen MR) is 172 cm³/mol. The van der Waals surface area contributed by atoms with Crippen LogP contribution in [0.5, 0.6) is 0 Å². The standard InChI is InChI=1S/C37H24BrN3/c38-33-16-8-14-29-13-7-15-32(34(29)33)37-40-35(30-21-17-27(18-22-30)25-9-3-1-4-10-25)39-36(41-37)31-23-19-28(20-24-31)26-11-5-2-6-12-26/h1-24H. The molecule has 7 rings (SSSR count). The summed E-state index contributed by atoms with van der Waals surface area (Å²) in [6.07, 6.45) is 0. The van der Waals surface area contributed by atoms with Crippen molar-refractivity contribution in [2.24, 2.45) is 0 Å². The molecule has 0 aliphatic carbocycles. The van der Waals surface area contributed by atoms with Gasteiger partial charge in [-0.2, -0.15) is 0 Å². The van der Waals surface area contributed by atoms with Crippen LogP contribution >= 0.6 is 15.9 Å². The van der Waals surface area contributed by atoms with Gasteiger partial charge in [-0.3, -0.25) is 0 Å². The molecule has 0 aliphatic rings. The predicted octanol–water partition coefficient (Wildman–Crippen LogP) is 10.1. The number of nitrogens with zero attached hydrogens (tertiary/aromatic N) is 3. The van der Waals surface area contributed by atoms with Crippen LogP contribution in [0.3, 0.4) is 0 Å². The number of aromatic nitrogens is 3. The third kappa shape index (κ3) is 5.06. The second-order valence-electron chi connectivity index (χ2n) is 9.84. The highest BCUT2D eigenvalue weighted by Gasteiger charge is 2.15. The zero-order chi connectivity index (χ0) is 27.6. The molecule has 0 spiro atoms. The van der Waals surface area contributed by atoms with Gasteiger partial charge in [0.05, 0.1) is 0 Å². The summed E-state index contributed by atoms with van der Waals surface area (Å²) in [7, 11) is 0. The van der Waals surface area contributed by atoms with Gasteiger partial charge >= 0.3 is 0 Å². The van der Waals surface area contributed by atoms with Gasteiger partial charge in [-0.1, -0.05) is 155 Å². The number of benzene rings is 6. The van der Waals surface area contributed by atoms with Gasteiger partial charge in [0.2, 0.25) is 0 Å². The van der Waals surface area contributed by atoms with Crippen LogP contribution in [-0.4, -0.2) is 15.0 Å². The molecule has 1 heterocycles. The largest absolute Gasteiger partial charge is 0.208 e. The van der Waals surface area contributed by atoms with E-state index in [4.69, 9.17) is 15.0 Å². The molecule has 6 aromatic carbocycles. The van der Waals surface area contributed by atoms with E-state index in [0.717, 1.165) is 43.1 Å². The molecule has 0 radical (unpaired) electrons. The Kier molecular flexibility index (Phi) is 6.67. The van der Waals surface area contributed by atoms with Crippen LogP contribution in [0.15, 0.2) is 150 Å². The summed E-state index contributed by atoms with van der Waals surface area (Å²) in [4.78, 5) is 15.0. The van der Waals surface area contributed by atoms with Crippen molar-refractivity contribution in [2.45, 2.75) is 0 Å². The topological polar surface area (TPSA) is 38.7 Å². The Morgan fingerprint density at radius 2 is 0.756 bits per heavy atom. The zero-order valence-electron chi connectivity index (χ0n) is 22.1. The van der Waals surface area contributed by atoms with Crippen molar-refractivity contribution < 1.29 is 0 Å². The van der Waals surface area contributed by atoms with E-state index in [1.54, 1.807) is 0 Å². The van der Waals surface area contributed by atoms with Crippen LogP contribution in [0.1, 0.15) is 0 Å². The Balaban J connectivity index is 1.37. The maximum absolute atomic E-state index is 5.02. The van der Waals surface area contributed by atoms with Crippen LogP contribution < -0.4 is 0 Å². The number of fused-ring (bicyclic) bond motifs is 1. The summed E-state index contributed by atoms with van der Waals surface area (Å²) in [6, 6.07) is 50.0. The monoisotopic (exact) mass is 589 g/mol. The van der Waals surface area contributed by atoms with Gasteiger partial charge in [0.1, 0.15) is 0 Å². The molecule has 7 aromatic rings. The molecule has 0 N–H and O–H groups in total. The minimum atomic E-state index is 0.640. The first kappa shape index (κ1) is 25.1. The Labute approximate surface area is 247 Å². The molecule has 0 atom stereocenters. The maximum atomic E-state index is 5.02. The summed E-state index contributed by atoms with van der Waals surface area (Å²) >= 11 is 3.76. The highest BCUT2D eigenvalue weighted by Crippen LogP contribution is 2.34. The van der Waals surface area contributed by atoms with Gasteiger partial charge in [0.25, 0.3) is 0 Å². The minimum Gasteiger partial charge on any atom is -0.208 e. The lowest BCUT2D eigenvalue weighted by Crippen LogP contribution is -2.00. The first-order chi connectivity index (χ1) is 20.2. The molecule has 1 aromatic heterocycles. The van der Waals surface area contributed by atoms with Crippen molar-refractivity contribution in [2.75, 3.05) is 0 Å². The molecule has 4 heteroatoms. The van der Waals surface area contributed by atoms with Gasteiger partial charge < -0.3 is 0 Å². The smallest absolute Gasteiger partial charge is 0.164 e. The average Bonchev–Trinajstić information content (AvgIpc) is 3.05. The van der Waals surface area contributed by atoms with E-state index in [0.29, 0.717) is 17.5 Å². The Bertz CT molecular complexity index is 1860. The highest BCUT2D eigenvalue weighted by atomic mass is 79.9. The van der Waals surface area contributed by atoms with E-state index in [1.807, 2.05) is 18.2 Å². The molecule has 0 bridgehead atoms. The van der Waals surface area contributed by atoms with Gasteiger partial charge in [-0.25, -0.2) is 15.0 Å². The molecule has 0 amide bonds. The number of hydrogen-bond acceptors (Lipinski definition) is 3. The fraction of sp³-hybridized carbons (Fsp3) is 0. The highest BCUT2D eigenvalue weighted by molar-refractivity contribution is 9.10. The van der Waals surface area contributed by atoms with Gasteiger partial charge in [-0.15, -0.1) is 0 Å². The molecule has 3 nitrogen and oxygen atoms in total. The lowest BCUT2D eigenvalue weighted by atomic mass is 10.0. The SMILES string of the molecule is Brc1cccc2cccc(-c3nc(-c4ccc(-c5ccccc5)cc4)nc(-c4ccc(-c5ccccc5)cc4)n3)c12. The first-order valence-electron chi connectivity index (χ1n) is 13.5. The molecular weight excluding hydrogens is 566 g/mol. The third-order valence-corrected chi connectivity index (χ3v) is 7.89. The van der Waals surface area contributed by atoms with E-state index in [1.165, 1.54) is 11.1 Å². The van der Waals surface area contributed by atoms with Gasteiger partial charge in [-0.05, 0) is 33.7 Å². The van der Waals surface area contributed by atoms with Crippen LogP contribution in [-0.2, 0) is 0 Å². The molecule has 0 unspecified atom stereocenters. The quantitative estimate of drug-likeness (QED) is 0.200. The van der Waals surface area contributed by atoms with Crippen molar-refractivity contribution in [1.29, 1.82) is 0 Å². The first-order valence-corrected chi connectivity index (χ1v) is 14.3. The van der Waals surface area contributed by atoms with Crippen molar-refractivity contribution in [3.05, 3.63) is 150 Å². The number of halogens is 1. The summed E-state index contributed by atoms with van der Waals surface area (Å²) in [5, 5.41) is 2.21. The summed E-state index contributed by atoms with van der Waals surface area (Å²) in [5.41, 5.74) is 7.49. The van der Waals surface area contributed by atoms with E-state index in [-0.39, 0.29) is 0 Å². The average molecular weight is 591 g/mol. The summed E-state index contributed by atoms with van der Waals surface area (Å²) in [5.74, 6) is 1.92. The lowest BCUT2D eigenvalue weighted by molar-refractivity contribution is 1.08. The fourth-order valence-electron chi connectivity index (χ4n) is 5.12. The molecule has 41 heavy (non-hydrogen) atoms. The lowest BCUT2D eigenvalue weighted by Gasteiger charge is -2.12. The Hall–Kier alpha value is -4.93. The van der Waals surface area contributed by atoms with Crippen molar-refractivity contribution in [1.82, 2.24) is 15.0 Å². The van der Waals surface area contributed by atoms with Crippen molar-refractivity contribution >= 4 is 26.7 Å². The zero-order valence-corrected chi connectivity index (χ0v) is 23.7. The minimum absolute atomic E-state index is 0.640. The van der Waals surface area contributed by atoms with Crippen LogP contribution in [0.4, 0.5) is 0 Å². The van der Waals surface area contributed by atoms with E-state index >= 15 is 0 Å². The second kappa shape index (κ2) is 10.9. The normalized spacial score (nSPS) is 11.0. The van der Waals surface area contributed by atoms with Crippen LogP contribution in [0.25, 0.3) is 67.2 Å². The van der Waals surface area contributed by atoms with E-state index in [2.05, 4.69) is 143 Å². The molecule has 0 saturated carbocycles. The summed E-state index contributed by atoms with van der Waals surface area (Å²) in [6.45, 7) is 0. The van der Waals surface area contributed by atoms with Gasteiger partial charge in [0.15, 0.2) is 17.5 Å². The number of hydrogen-bond donors (Lipinski definition) is 0. The van der Waals surface area contributed by atoms with Crippen LogP contribution in [0.2, 0.25) is 0 Å². The molecule has 0 aliphatic heterocycles.